The molecule has 2 N–H and O–H groups in total. The van der Waals surface area contributed by atoms with E-state index in [1.54, 1.807) is 12.4 Å². The number of aliphatic hydroxyl groups is 1. The zero-order valence-electron chi connectivity index (χ0n) is 11.8. The van der Waals surface area contributed by atoms with Gasteiger partial charge in [0.2, 0.25) is 0 Å². The predicted octanol–water partition coefficient (Wildman–Crippen LogP) is 2.70. The minimum absolute atomic E-state index is 0.453. The second-order valence-corrected chi connectivity index (χ2v) is 5.56. The summed E-state index contributed by atoms with van der Waals surface area (Å²) in [6.45, 7) is 6.09. The monoisotopic (exact) mass is 260 g/mol. The Morgan fingerprint density at radius 2 is 2.16 bits per heavy atom. The highest BCUT2D eigenvalue weighted by Crippen LogP contribution is 2.29. The molecule has 104 valence electrons. The van der Waals surface area contributed by atoms with E-state index < -0.39 is 6.10 Å². The van der Waals surface area contributed by atoms with Gasteiger partial charge in [0.05, 0.1) is 6.10 Å². The molecule has 1 aliphatic rings. The summed E-state index contributed by atoms with van der Waals surface area (Å²) in [4.78, 5) is 3.96. The number of hydrogen-bond donors (Lipinski definition) is 2. The molecule has 3 atom stereocenters. The highest BCUT2D eigenvalue weighted by atomic mass is 16.3. The number of nitrogens with zero attached hydrogens (tertiary/aromatic N) is 1. The second kappa shape index (κ2) is 6.83. The van der Waals surface area contributed by atoms with Gasteiger partial charge in [-0.1, -0.05) is 18.6 Å². The van der Waals surface area contributed by atoms with E-state index >= 15 is 0 Å². The smallest absolute Gasteiger partial charge is 0.0915 e. The Balaban J connectivity index is 1.80. The average Bonchev–Trinajstić information content (AvgIpc) is 2.43. The molecule has 1 aliphatic carbocycles. The van der Waals surface area contributed by atoms with Crippen molar-refractivity contribution in [3.63, 3.8) is 0 Å². The minimum Gasteiger partial charge on any atom is -0.387 e. The number of nitrogens with one attached hydrogen (secondary N) is 1. The van der Waals surface area contributed by atoms with Gasteiger partial charge in [-0.2, -0.15) is 0 Å². The van der Waals surface area contributed by atoms with Gasteiger partial charge < -0.3 is 10.4 Å². The molecule has 0 aromatic carbocycles. The van der Waals surface area contributed by atoms with Crippen LogP contribution in [0.3, 0.4) is 0 Å². The molecule has 3 nitrogen and oxygen atoms in total. The first-order chi connectivity index (χ1) is 9.18. The molecule has 0 spiro atoms. The predicted molar refractivity (Wildman–Crippen MR) is 77.7 cm³/mol. The summed E-state index contributed by atoms with van der Waals surface area (Å²) in [5.74, 6) is 1.34. The van der Waals surface area contributed by atoms with Crippen LogP contribution in [0.15, 0.2) is 36.2 Å². The summed E-state index contributed by atoms with van der Waals surface area (Å²) in [5, 5.41) is 13.5. The van der Waals surface area contributed by atoms with Crippen LogP contribution in [0.1, 0.15) is 38.4 Å². The van der Waals surface area contributed by atoms with Gasteiger partial charge >= 0.3 is 0 Å². The molecule has 1 heterocycles. The highest BCUT2D eigenvalue weighted by molar-refractivity contribution is 5.13. The normalized spacial score (nSPS) is 24.9. The third-order valence-corrected chi connectivity index (χ3v) is 4.15. The topological polar surface area (TPSA) is 45.1 Å². The van der Waals surface area contributed by atoms with Crippen molar-refractivity contribution in [3.8, 4) is 0 Å². The van der Waals surface area contributed by atoms with Crippen molar-refractivity contribution in [3.05, 3.63) is 41.7 Å². The molecule has 1 aromatic heterocycles. The summed E-state index contributed by atoms with van der Waals surface area (Å²) >= 11 is 0. The quantitative estimate of drug-likeness (QED) is 0.800. The first-order valence-corrected chi connectivity index (χ1v) is 7.14. The van der Waals surface area contributed by atoms with Crippen LogP contribution in [0.25, 0.3) is 0 Å². The number of rotatable bonds is 5. The lowest BCUT2D eigenvalue weighted by atomic mass is 9.80. The molecule has 2 rings (SSSR count). The number of pyridine rings is 1. The maximum Gasteiger partial charge on any atom is 0.0915 e. The van der Waals surface area contributed by atoms with Crippen molar-refractivity contribution < 1.29 is 5.11 Å². The Morgan fingerprint density at radius 3 is 2.84 bits per heavy atom. The molecule has 0 bridgehead atoms. The summed E-state index contributed by atoms with van der Waals surface area (Å²) in [6.07, 6.45) is 7.82. The van der Waals surface area contributed by atoms with Gasteiger partial charge in [0.25, 0.3) is 0 Å². The van der Waals surface area contributed by atoms with Crippen molar-refractivity contribution in [2.75, 3.05) is 13.1 Å². The fourth-order valence-corrected chi connectivity index (χ4v) is 2.82. The lowest BCUT2D eigenvalue weighted by Crippen LogP contribution is -2.32. The van der Waals surface area contributed by atoms with E-state index in [0.29, 0.717) is 12.5 Å². The van der Waals surface area contributed by atoms with Gasteiger partial charge in [0, 0.05) is 25.5 Å². The first kappa shape index (κ1) is 14.2. The van der Waals surface area contributed by atoms with Crippen LogP contribution < -0.4 is 5.32 Å². The maximum atomic E-state index is 10.1. The van der Waals surface area contributed by atoms with Gasteiger partial charge in [0.1, 0.15) is 0 Å². The second-order valence-electron chi connectivity index (χ2n) is 5.56. The maximum absolute atomic E-state index is 10.1. The number of hydrogen-bond acceptors (Lipinski definition) is 3. The Morgan fingerprint density at radius 1 is 1.42 bits per heavy atom. The van der Waals surface area contributed by atoms with Crippen LogP contribution in [0.4, 0.5) is 0 Å². The highest BCUT2D eigenvalue weighted by Gasteiger charge is 2.21. The average molecular weight is 260 g/mol. The molecule has 0 radical (unpaired) electrons. The van der Waals surface area contributed by atoms with Crippen molar-refractivity contribution in [1.82, 2.24) is 10.3 Å². The molecular formula is C16H24N2O. The van der Waals surface area contributed by atoms with E-state index in [9.17, 15) is 5.11 Å². The molecular weight excluding hydrogens is 236 g/mol. The molecule has 0 aliphatic heterocycles. The third-order valence-electron chi connectivity index (χ3n) is 4.15. The molecule has 19 heavy (non-hydrogen) atoms. The van der Waals surface area contributed by atoms with Gasteiger partial charge in [0.15, 0.2) is 0 Å². The van der Waals surface area contributed by atoms with Crippen LogP contribution in [0.2, 0.25) is 0 Å². The SMILES string of the molecule is CC1=CCC[C@H](C)[C@H]1CNC[C@@H](O)c1ccncc1. The van der Waals surface area contributed by atoms with E-state index in [4.69, 9.17) is 0 Å². The minimum atomic E-state index is -0.453. The lowest BCUT2D eigenvalue weighted by Gasteiger charge is -2.29. The Labute approximate surface area is 115 Å². The Bertz CT molecular complexity index is 416. The van der Waals surface area contributed by atoms with Gasteiger partial charge in [-0.15, -0.1) is 0 Å². The molecule has 1 aromatic rings. The molecule has 0 unspecified atom stereocenters. The number of aromatic nitrogens is 1. The van der Waals surface area contributed by atoms with E-state index in [-0.39, 0.29) is 0 Å². The van der Waals surface area contributed by atoms with E-state index in [1.165, 1.54) is 18.4 Å². The summed E-state index contributed by atoms with van der Waals surface area (Å²) in [5.41, 5.74) is 2.41. The van der Waals surface area contributed by atoms with Crippen LogP contribution in [-0.2, 0) is 0 Å². The van der Waals surface area contributed by atoms with Crippen LogP contribution in [-0.4, -0.2) is 23.2 Å². The van der Waals surface area contributed by atoms with Crippen molar-refractivity contribution in [2.24, 2.45) is 11.8 Å². The van der Waals surface area contributed by atoms with Crippen molar-refractivity contribution in [2.45, 2.75) is 32.8 Å². The summed E-state index contributed by atoms with van der Waals surface area (Å²) < 4.78 is 0. The lowest BCUT2D eigenvalue weighted by molar-refractivity contribution is 0.171. The number of allylic oxidation sites excluding steroid dienone is 1. The fraction of sp³-hybridized carbons (Fsp3) is 0.562. The molecule has 0 amide bonds. The van der Waals surface area contributed by atoms with Crippen LogP contribution in [0, 0.1) is 11.8 Å². The molecule has 0 fully saturated rings. The van der Waals surface area contributed by atoms with Crippen LogP contribution in [0.5, 0.6) is 0 Å². The van der Waals surface area contributed by atoms with Gasteiger partial charge in [-0.25, -0.2) is 0 Å². The summed E-state index contributed by atoms with van der Waals surface area (Å²) in [7, 11) is 0. The van der Waals surface area contributed by atoms with Crippen molar-refractivity contribution in [1.29, 1.82) is 0 Å². The van der Waals surface area contributed by atoms with E-state index in [1.807, 2.05) is 12.1 Å². The Hall–Kier alpha value is -1.19. The zero-order valence-corrected chi connectivity index (χ0v) is 11.8. The van der Waals surface area contributed by atoms with Gasteiger partial charge in [-0.05, 0) is 49.3 Å². The van der Waals surface area contributed by atoms with Crippen LogP contribution >= 0.6 is 0 Å². The molecule has 0 saturated carbocycles. The van der Waals surface area contributed by atoms with Gasteiger partial charge in [-0.3, -0.25) is 4.98 Å². The van der Waals surface area contributed by atoms with Crippen molar-refractivity contribution >= 4 is 0 Å². The zero-order chi connectivity index (χ0) is 13.7. The number of aliphatic hydroxyl groups excluding tert-OH is 1. The summed E-state index contributed by atoms with van der Waals surface area (Å²) in [6, 6.07) is 3.72. The Kier molecular flexibility index (Phi) is 5.11. The fourth-order valence-electron chi connectivity index (χ4n) is 2.82. The molecule has 3 heteroatoms. The first-order valence-electron chi connectivity index (χ1n) is 7.14. The standard InChI is InChI=1S/C16H24N2O/c1-12-4-3-5-13(2)15(12)10-18-11-16(19)14-6-8-17-9-7-14/h4,6-9,13,15-16,18-19H,3,5,10-11H2,1-2H3/t13-,15-,16+/m0/s1. The van der Waals surface area contributed by atoms with E-state index in [0.717, 1.165) is 18.0 Å². The largest absolute Gasteiger partial charge is 0.387 e. The molecule has 0 saturated heterocycles. The van der Waals surface area contributed by atoms with E-state index in [2.05, 4.69) is 30.2 Å². The third kappa shape index (κ3) is 3.88.